The number of hydrogen-bond donors (Lipinski definition) is 1. The minimum atomic E-state index is -0.342. The second-order valence-corrected chi connectivity index (χ2v) is 4.59. The Labute approximate surface area is 109 Å². The third-order valence-electron chi connectivity index (χ3n) is 3.19. The Morgan fingerprint density at radius 1 is 1.11 bits per heavy atom. The average molecular weight is 253 g/mol. The van der Waals surface area contributed by atoms with Crippen molar-refractivity contribution in [3.8, 4) is 0 Å². The third-order valence-corrected chi connectivity index (χ3v) is 3.19. The minimum absolute atomic E-state index is 0.102. The van der Waals surface area contributed by atoms with Crippen molar-refractivity contribution in [3.05, 3.63) is 71.2 Å². The van der Waals surface area contributed by atoms with Crippen LogP contribution in [0.2, 0.25) is 0 Å². The van der Waals surface area contributed by atoms with Gasteiger partial charge in [-0.05, 0) is 42.8 Å². The van der Waals surface area contributed by atoms with Gasteiger partial charge in [0.05, 0.1) is 0 Å². The first-order chi connectivity index (χ1) is 9.15. The Morgan fingerprint density at radius 3 is 2.58 bits per heavy atom. The van der Waals surface area contributed by atoms with Crippen LogP contribution in [0, 0.1) is 12.7 Å². The topological polar surface area (TPSA) is 32.9 Å². The molecule has 0 radical (unpaired) electrons. The van der Waals surface area contributed by atoms with Gasteiger partial charge in [-0.1, -0.05) is 12.1 Å². The number of aromatic nitrogens is 1. The fourth-order valence-electron chi connectivity index (χ4n) is 2.18. The summed E-state index contributed by atoms with van der Waals surface area (Å²) in [5, 5.41) is 0.889. The molecule has 0 fully saturated rings. The summed E-state index contributed by atoms with van der Waals surface area (Å²) in [5.41, 5.74) is 3.17. The molecule has 0 aliphatic heterocycles. The van der Waals surface area contributed by atoms with Gasteiger partial charge in [-0.25, -0.2) is 4.39 Å². The van der Waals surface area contributed by atoms with Gasteiger partial charge in [-0.15, -0.1) is 0 Å². The molecule has 1 heterocycles. The van der Waals surface area contributed by atoms with Crippen LogP contribution in [0.3, 0.4) is 0 Å². The van der Waals surface area contributed by atoms with Gasteiger partial charge in [-0.2, -0.15) is 0 Å². The second kappa shape index (κ2) is 4.35. The zero-order chi connectivity index (χ0) is 13.4. The van der Waals surface area contributed by atoms with E-state index in [0.717, 1.165) is 16.5 Å². The van der Waals surface area contributed by atoms with Crippen molar-refractivity contribution in [2.45, 2.75) is 6.92 Å². The summed E-state index contributed by atoms with van der Waals surface area (Å²) in [5.74, 6) is -0.443. The fourth-order valence-corrected chi connectivity index (χ4v) is 2.18. The lowest BCUT2D eigenvalue weighted by atomic mass is 10.0. The summed E-state index contributed by atoms with van der Waals surface area (Å²) in [6.45, 7) is 2.00. The first-order valence-corrected chi connectivity index (χ1v) is 6.03. The molecule has 2 nitrogen and oxygen atoms in total. The fraction of sp³-hybridized carbons (Fsp3) is 0.0625. The number of nitrogens with one attached hydrogen (secondary N) is 1. The molecule has 0 saturated carbocycles. The first kappa shape index (κ1) is 11.7. The molecular weight excluding hydrogens is 241 g/mol. The number of halogens is 1. The van der Waals surface area contributed by atoms with Crippen molar-refractivity contribution in [2.24, 2.45) is 0 Å². The molecule has 0 saturated heterocycles. The molecule has 1 N–H and O–H groups in total. The van der Waals surface area contributed by atoms with Crippen LogP contribution in [0.25, 0.3) is 10.9 Å². The number of ketones is 1. The third kappa shape index (κ3) is 2.03. The Bertz CT molecular complexity index is 756. The smallest absolute Gasteiger partial charge is 0.195 e. The zero-order valence-corrected chi connectivity index (χ0v) is 10.4. The number of hydrogen-bond acceptors (Lipinski definition) is 1. The predicted molar refractivity (Wildman–Crippen MR) is 72.9 cm³/mol. The highest BCUT2D eigenvalue weighted by Crippen LogP contribution is 2.22. The van der Waals surface area contributed by atoms with Crippen molar-refractivity contribution in [1.29, 1.82) is 0 Å². The highest BCUT2D eigenvalue weighted by molar-refractivity contribution is 6.16. The molecule has 94 valence electrons. The van der Waals surface area contributed by atoms with E-state index < -0.39 is 0 Å². The van der Waals surface area contributed by atoms with E-state index in [0.29, 0.717) is 11.1 Å². The molecule has 2 aromatic carbocycles. The van der Waals surface area contributed by atoms with Crippen LogP contribution < -0.4 is 0 Å². The van der Waals surface area contributed by atoms with Gasteiger partial charge in [0, 0.05) is 28.2 Å². The molecule has 19 heavy (non-hydrogen) atoms. The molecule has 3 aromatic rings. The largest absolute Gasteiger partial charge is 0.360 e. The summed E-state index contributed by atoms with van der Waals surface area (Å²) in [6, 6.07) is 11.5. The van der Waals surface area contributed by atoms with E-state index in [4.69, 9.17) is 0 Å². The van der Waals surface area contributed by atoms with E-state index in [9.17, 15) is 9.18 Å². The van der Waals surface area contributed by atoms with Crippen LogP contribution in [0.1, 0.15) is 21.5 Å². The lowest BCUT2D eigenvalue weighted by molar-refractivity contribution is 0.104. The molecular formula is C16H12FNO. The van der Waals surface area contributed by atoms with E-state index in [1.165, 1.54) is 24.3 Å². The summed E-state index contributed by atoms with van der Waals surface area (Å²) in [6.07, 6.45) is 1.70. The van der Waals surface area contributed by atoms with Crippen LogP contribution >= 0.6 is 0 Å². The number of fused-ring (bicyclic) bond motifs is 1. The molecule has 0 aliphatic rings. The quantitative estimate of drug-likeness (QED) is 0.691. The highest BCUT2D eigenvalue weighted by atomic mass is 19.1. The van der Waals surface area contributed by atoms with Gasteiger partial charge >= 0.3 is 0 Å². The molecule has 3 heteroatoms. The second-order valence-electron chi connectivity index (χ2n) is 4.59. The monoisotopic (exact) mass is 253 g/mol. The molecule has 0 atom stereocenters. The summed E-state index contributed by atoms with van der Waals surface area (Å²) in [4.78, 5) is 15.5. The number of aromatic amines is 1. The summed E-state index contributed by atoms with van der Waals surface area (Å²) >= 11 is 0. The maximum Gasteiger partial charge on any atom is 0.195 e. The molecule has 0 bridgehead atoms. The number of carbonyl (C=O) groups is 1. The van der Waals surface area contributed by atoms with Crippen LogP contribution in [-0.4, -0.2) is 10.8 Å². The maximum atomic E-state index is 12.9. The first-order valence-electron chi connectivity index (χ1n) is 6.03. The van der Waals surface area contributed by atoms with Crippen molar-refractivity contribution in [2.75, 3.05) is 0 Å². The number of H-pyrrole nitrogens is 1. The van der Waals surface area contributed by atoms with Crippen molar-refractivity contribution in [3.63, 3.8) is 0 Å². The van der Waals surface area contributed by atoms with Crippen molar-refractivity contribution < 1.29 is 9.18 Å². The van der Waals surface area contributed by atoms with Crippen LogP contribution in [0.15, 0.2) is 48.7 Å². The summed E-state index contributed by atoms with van der Waals surface area (Å²) < 4.78 is 12.9. The van der Waals surface area contributed by atoms with Gasteiger partial charge in [-0.3, -0.25) is 4.79 Å². The Morgan fingerprint density at radius 2 is 1.84 bits per heavy atom. The number of carbonyl (C=O) groups excluding carboxylic acids is 1. The van der Waals surface area contributed by atoms with Gasteiger partial charge in [0.1, 0.15) is 5.82 Å². The standard InChI is InChI=1S/C16H12FNO/c1-10-2-7-13-14(9-18-15(13)8-10)16(19)11-3-5-12(17)6-4-11/h2-9,18H,1H3. The SMILES string of the molecule is Cc1ccc2c(C(=O)c3ccc(F)cc3)c[nH]c2c1. The number of rotatable bonds is 2. The zero-order valence-electron chi connectivity index (χ0n) is 10.4. The average Bonchev–Trinajstić information content (AvgIpc) is 2.81. The molecule has 1 aromatic heterocycles. The molecule has 0 amide bonds. The molecule has 0 aliphatic carbocycles. The van der Waals surface area contributed by atoms with E-state index >= 15 is 0 Å². The summed E-state index contributed by atoms with van der Waals surface area (Å²) in [7, 11) is 0. The van der Waals surface area contributed by atoms with E-state index in [-0.39, 0.29) is 11.6 Å². The van der Waals surface area contributed by atoms with Gasteiger partial charge in [0.25, 0.3) is 0 Å². The molecule has 3 rings (SSSR count). The Kier molecular flexibility index (Phi) is 2.67. The lowest BCUT2D eigenvalue weighted by Gasteiger charge is -2.00. The van der Waals surface area contributed by atoms with Crippen molar-refractivity contribution >= 4 is 16.7 Å². The van der Waals surface area contributed by atoms with Gasteiger partial charge in [0.2, 0.25) is 0 Å². The lowest BCUT2D eigenvalue weighted by Crippen LogP contribution is -2.00. The van der Waals surface area contributed by atoms with Gasteiger partial charge in [0.15, 0.2) is 5.78 Å². The maximum absolute atomic E-state index is 12.9. The predicted octanol–water partition coefficient (Wildman–Crippen LogP) is 3.85. The minimum Gasteiger partial charge on any atom is -0.360 e. The normalized spacial score (nSPS) is 10.8. The number of benzene rings is 2. The highest BCUT2D eigenvalue weighted by Gasteiger charge is 2.14. The van der Waals surface area contributed by atoms with E-state index in [1.807, 2.05) is 25.1 Å². The van der Waals surface area contributed by atoms with Gasteiger partial charge < -0.3 is 4.98 Å². The van der Waals surface area contributed by atoms with Crippen LogP contribution in [-0.2, 0) is 0 Å². The van der Waals surface area contributed by atoms with Crippen LogP contribution in [0.5, 0.6) is 0 Å². The molecule has 0 unspecified atom stereocenters. The Hall–Kier alpha value is -2.42. The number of aryl methyl sites for hydroxylation is 1. The Balaban J connectivity index is 2.09. The molecule has 0 spiro atoms. The van der Waals surface area contributed by atoms with E-state index in [1.54, 1.807) is 6.20 Å². The van der Waals surface area contributed by atoms with Crippen molar-refractivity contribution in [1.82, 2.24) is 4.98 Å². The van der Waals surface area contributed by atoms with E-state index in [2.05, 4.69) is 4.98 Å². The van der Waals surface area contributed by atoms with Crippen LogP contribution in [0.4, 0.5) is 4.39 Å².